The van der Waals surface area contributed by atoms with Gasteiger partial charge in [0.2, 0.25) is 0 Å². The zero-order valence-electron chi connectivity index (χ0n) is 6.72. The maximum absolute atomic E-state index is 10.9. The van der Waals surface area contributed by atoms with Gasteiger partial charge in [0.1, 0.15) is 0 Å². The van der Waals surface area contributed by atoms with Crippen LogP contribution in [0.5, 0.6) is 0 Å². The summed E-state index contributed by atoms with van der Waals surface area (Å²) in [6.07, 6.45) is 1.64. The van der Waals surface area contributed by atoms with Gasteiger partial charge in [0.05, 0.1) is 0 Å². The van der Waals surface area contributed by atoms with Gasteiger partial charge in [-0.2, -0.15) is 0 Å². The molecule has 0 aromatic carbocycles. The minimum absolute atomic E-state index is 0.397. The molecule has 0 amide bonds. The normalized spacial score (nSPS) is 16.4. The van der Waals surface area contributed by atoms with Crippen molar-refractivity contribution in [3.8, 4) is 0 Å². The molecular weight excluding hydrogens is 289 g/mol. The Labute approximate surface area is 81.4 Å². The van der Waals surface area contributed by atoms with Crippen molar-refractivity contribution in [1.29, 1.82) is 0 Å². The van der Waals surface area contributed by atoms with Gasteiger partial charge in [-0.15, -0.1) is 0 Å². The van der Waals surface area contributed by atoms with Gasteiger partial charge in [0.15, 0.2) is 0 Å². The van der Waals surface area contributed by atoms with Crippen LogP contribution in [0.2, 0.25) is 5.71 Å². The second-order valence-corrected chi connectivity index (χ2v) is 12.5. The number of halogens is 1. The summed E-state index contributed by atoms with van der Waals surface area (Å²) >= 11 is -2.47. The summed E-state index contributed by atoms with van der Waals surface area (Å²) < 4.78 is 44.1. The molecule has 1 atom stereocenters. The number of rotatable bonds is 3. The predicted octanol–water partition coefficient (Wildman–Crippen LogP) is -0.436. The molecule has 0 heterocycles. The van der Waals surface area contributed by atoms with E-state index in [0.717, 1.165) is 12.5 Å². The summed E-state index contributed by atoms with van der Waals surface area (Å²) in [6.45, 7) is 0. The van der Waals surface area contributed by atoms with Crippen LogP contribution in [-0.2, 0) is 20.0 Å². The van der Waals surface area contributed by atoms with E-state index in [1.807, 2.05) is 0 Å². The van der Waals surface area contributed by atoms with Gasteiger partial charge in [-0.05, 0) is 0 Å². The molecule has 0 saturated heterocycles. The van der Waals surface area contributed by atoms with Crippen LogP contribution >= 0.6 is 9.95 Å². The van der Waals surface area contributed by atoms with E-state index < -0.39 is 34.0 Å². The summed E-state index contributed by atoms with van der Waals surface area (Å²) in [7, 11) is -1.96. The summed E-state index contributed by atoms with van der Waals surface area (Å²) in [5, 5.41) is 0. The van der Waals surface area contributed by atoms with Crippen molar-refractivity contribution in [2.45, 2.75) is 5.71 Å². The van der Waals surface area contributed by atoms with Gasteiger partial charge >= 0.3 is 81.6 Å². The fourth-order valence-corrected chi connectivity index (χ4v) is 12.1. The zero-order chi connectivity index (χ0) is 10.2. The van der Waals surface area contributed by atoms with Gasteiger partial charge in [-0.1, -0.05) is 0 Å². The van der Waals surface area contributed by atoms with Gasteiger partial charge in [0.25, 0.3) is 0 Å². The average molecular weight is 298 g/mol. The Morgan fingerprint density at radius 2 is 1.33 bits per heavy atom. The van der Waals surface area contributed by atoms with Gasteiger partial charge in [-0.3, -0.25) is 0 Å². The molecule has 0 spiro atoms. The summed E-state index contributed by atoms with van der Waals surface area (Å²) in [6, 6.07) is 0. The van der Waals surface area contributed by atoms with Crippen molar-refractivity contribution in [2.24, 2.45) is 0 Å². The van der Waals surface area contributed by atoms with Crippen LogP contribution in [0.3, 0.4) is 0 Å². The van der Waals surface area contributed by atoms with Crippen LogP contribution in [0.4, 0.5) is 0 Å². The molecule has 9 heteroatoms. The second-order valence-electron chi connectivity index (χ2n) is 2.15. The first-order valence-electron chi connectivity index (χ1n) is 2.66. The molecule has 0 N–H and O–H groups in total. The van der Waals surface area contributed by atoms with Crippen molar-refractivity contribution >= 4 is 43.9 Å². The molecule has 1 unspecified atom stereocenters. The predicted molar refractivity (Wildman–Crippen MR) is 49.0 cm³/mol. The third-order valence-corrected chi connectivity index (χ3v) is 12.5. The van der Waals surface area contributed by atoms with Gasteiger partial charge < -0.3 is 0 Å². The van der Waals surface area contributed by atoms with E-state index in [1.165, 1.54) is 5.71 Å². The Morgan fingerprint density at radius 1 is 1.08 bits per heavy atom. The molecule has 12 heavy (non-hydrogen) atoms. The Morgan fingerprint density at radius 3 is 1.33 bits per heavy atom. The molecule has 0 radical (unpaired) electrons. The fourth-order valence-electron chi connectivity index (χ4n) is 0.655. The standard InChI is InChI=1S/C3H9AsClNO4S2/c1-4(5)6(11(2,7)8)12(3,9)10/h1-3H3. The van der Waals surface area contributed by atoms with Crippen LogP contribution in [-0.4, -0.2) is 45.9 Å². The quantitative estimate of drug-likeness (QED) is 0.662. The molecule has 0 fully saturated rings. The van der Waals surface area contributed by atoms with Crippen molar-refractivity contribution in [2.75, 3.05) is 12.5 Å². The number of hydrogen-bond acceptors (Lipinski definition) is 4. The number of nitrogens with zero attached hydrogens (tertiary/aromatic N) is 1. The van der Waals surface area contributed by atoms with E-state index in [9.17, 15) is 16.8 Å². The molecule has 0 rings (SSSR count). The van der Waals surface area contributed by atoms with E-state index >= 15 is 0 Å². The monoisotopic (exact) mass is 297 g/mol. The SMILES string of the molecule is C[As](Cl)N(S(C)(=O)=O)S(C)(=O)=O. The van der Waals surface area contributed by atoms with Crippen molar-refractivity contribution in [3.63, 3.8) is 0 Å². The van der Waals surface area contributed by atoms with E-state index in [2.05, 4.69) is 0 Å². The summed E-state index contributed by atoms with van der Waals surface area (Å²) in [4.78, 5) is 0. The zero-order valence-corrected chi connectivity index (χ0v) is 11.0. The third-order valence-electron chi connectivity index (χ3n) is 0.792. The fraction of sp³-hybridized carbons (Fsp3) is 1.00. The molecule has 0 saturated carbocycles. The Kier molecular flexibility index (Phi) is 4.06. The average Bonchev–Trinajstić information content (AvgIpc) is 1.49. The van der Waals surface area contributed by atoms with Gasteiger partial charge in [0, 0.05) is 0 Å². The molecule has 0 aliphatic carbocycles. The van der Waals surface area contributed by atoms with Crippen molar-refractivity contribution < 1.29 is 16.8 Å². The van der Waals surface area contributed by atoms with Crippen molar-refractivity contribution in [1.82, 2.24) is 2.63 Å². The summed E-state index contributed by atoms with van der Waals surface area (Å²) in [5.41, 5.74) is 1.41. The van der Waals surface area contributed by atoms with Crippen LogP contribution in [0.1, 0.15) is 0 Å². The van der Waals surface area contributed by atoms with Crippen LogP contribution < -0.4 is 0 Å². The van der Waals surface area contributed by atoms with E-state index in [0.29, 0.717) is 2.63 Å². The molecule has 0 aliphatic rings. The summed E-state index contributed by atoms with van der Waals surface area (Å²) in [5.74, 6) is 0. The first-order chi connectivity index (χ1) is 5.07. The van der Waals surface area contributed by atoms with Crippen LogP contribution in [0, 0.1) is 0 Å². The minimum atomic E-state index is -3.74. The molecule has 0 aromatic heterocycles. The number of sulfonamides is 2. The maximum atomic E-state index is 10.9. The molecule has 0 aliphatic heterocycles. The first kappa shape index (κ1) is 12.7. The molecule has 0 bridgehead atoms. The third kappa shape index (κ3) is 3.62. The van der Waals surface area contributed by atoms with Crippen LogP contribution in [0.15, 0.2) is 0 Å². The first-order valence-corrected chi connectivity index (χ1v) is 11.5. The molecule has 5 nitrogen and oxygen atoms in total. The van der Waals surface area contributed by atoms with E-state index in [4.69, 9.17) is 9.95 Å². The topological polar surface area (TPSA) is 71.5 Å². The van der Waals surface area contributed by atoms with E-state index in [-0.39, 0.29) is 0 Å². The molecule has 74 valence electrons. The van der Waals surface area contributed by atoms with Crippen molar-refractivity contribution in [3.05, 3.63) is 0 Å². The van der Waals surface area contributed by atoms with Crippen LogP contribution in [0.25, 0.3) is 0 Å². The Bertz CT molecular complexity index is 314. The second kappa shape index (κ2) is 3.84. The van der Waals surface area contributed by atoms with E-state index in [1.54, 1.807) is 0 Å². The molecule has 0 aromatic rings. The Hall–Kier alpha value is 0.708. The number of hydrogen-bond donors (Lipinski definition) is 0. The Balaban J connectivity index is 5.26. The molecular formula is C3H9AsClNO4S2. The van der Waals surface area contributed by atoms with Gasteiger partial charge in [-0.25, -0.2) is 0 Å².